The van der Waals surface area contributed by atoms with Crippen molar-refractivity contribution < 1.29 is 9.59 Å². The lowest BCUT2D eigenvalue weighted by atomic mass is 10.2. The van der Waals surface area contributed by atoms with E-state index in [1.54, 1.807) is 32.2 Å². The van der Waals surface area contributed by atoms with E-state index in [9.17, 15) is 9.59 Å². The number of hydrogen-bond acceptors (Lipinski definition) is 3. The number of aromatic nitrogens is 1. The number of pyridine rings is 1. The third-order valence-corrected chi connectivity index (χ3v) is 2.64. The van der Waals surface area contributed by atoms with E-state index in [0.29, 0.717) is 11.3 Å². The van der Waals surface area contributed by atoms with E-state index in [1.807, 2.05) is 6.07 Å². The van der Waals surface area contributed by atoms with Gasteiger partial charge in [-0.2, -0.15) is 0 Å². The van der Waals surface area contributed by atoms with Gasteiger partial charge in [-0.05, 0) is 26.0 Å². The van der Waals surface area contributed by atoms with Gasteiger partial charge >= 0.3 is 0 Å². The smallest absolute Gasteiger partial charge is 0.257 e. The minimum Gasteiger partial charge on any atom is -0.269 e. The van der Waals surface area contributed by atoms with Crippen molar-refractivity contribution >= 4 is 11.8 Å². The van der Waals surface area contributed by atoms with Gasteiger partial charge in [0, 0.05) is 17.8 Å². The van der Waals surface area contributed by atoms with Gasteiger partial charge in [-0.25, -0.2) is 0 Å². The summed E-state index contributed by atoms with van der Waals surface area (Å²) in [5.74, 6) is -0.496. The molecule has 1 unspecified atom stereocenters. The van der Waals surface area contributed by atoms with Crippen LogP contribution in [-0.2, 0) is 9.59 Å². The molecule has 0 radical (unpaired) electrons. The molecule has 0 N–H and O–H groups in total. The lowest BCUT2D eigenvalue weighted by Crippen LogP contribution is -2.33. The first-order valence-corrected chi connectivity index (χ1v) is 5.08. The minimum absolute atomic E-state index is 0.233. The summed E-state index contributed by atoms with van der Waals surface area (Å²) in [6.07, 6.45) is 3.01. The molecule has 0 fully saturated rings. The molecule has 1 aliphatic heterocycles. The van der Waals surface area contributed by atoms with E-state index in [1.165, 1.54) is 11.0 Å². The number of rotatable bonds is 2. The zero-order valence-electron chi connectivity index (χ0n) is 9.18. The first-order chi connectivity index (χ1) is 7.61. The summed E-state index contributed by atoms with van der Waals surface area (Å²) in [6, 6.07) is 5.12. The molecule has 0 saturated heterocycles. The molecule has 4 heteroatoms. The first-order valence-electron chi connectivity index (χ1n) is 5.08. The van der Waals surface area contributed by atoms with Gasteiger partial charge in [0.05, 0.1) is 11.7 Å². The van der Waals surface area contributed by atoms with E-state index in [2.05, 4.69) is 4.98 Å². The molecule has 0 spiro atoms. The van der Waals surface area contributed by atoms with Crippen molar-refractivity contribution in [2.75, 3.05) is 0 Å². The Labute approximate surface area is 93.6 Å². The predicted molar refractivity (Wildman–Crippen MR) is 58.3 cm³/mol. The fraction of sp³-hybridized carbons (Fsp3) is 0.250. The van der Waals surface area contributed by atoms with Crippen LogP contribution in [0.25, 0.3) is 0 Å². The topological polar surface area (TPSA) is 50.3 Å². The van der Waals surface area contributed by atoms with Gasteiger partial charge in [-0.3, -0.25) is 19.5 Å². The van der Waals surface area contributed by atoms with Crippen LogP contribution in [0.3, 0.4) is 0 Å². The standard InChI is InChI=1S/C12H12N2O2/c1-8-7-11(15)14(12(8)16)9(2)10-5-3-4-6-13-10/h3-7,9H,1-2H3. The van der Waals surface area contributed by atoms with Crippen molar-refractivity contribution in [3.8, 4) is 0 Å². The summed E-state index contributed by atoms with van der Waals surface area (Å²) in [7, 11) is 0. The third-order valence-electron chi connectivity index (χ3n) is 2.64. The van der Waals surface area contributed by atoms with Crippen LogP contribution in [0.15, 0.2) is 36.0 Å². The normalized spacial score (nSPS) is 17.6. The van der Waals surface area contributed by atoms with Crippen LogP contribution < -0.4 is 0 Å². The number of carbonyl (C=O) groups excluding carboxylic acids is 2. The van der Waals surface area contributed by atoms with Gasteiger partial charge in [0.2, 0.25) is 0 Å². The van der Waals surface area contributed by atoms with Crippen molar-refractivity contribution in [1.29, 1.82) is 0 Å². The second kappa shape index (κ2) is 3.89. The van der Waals surface area contributed by atoms with E-state index in [-0.39, 0.29) is 17.9 Å². The summed E-state index contributed by atoms with van der Waals surface area (Å²) in [6.45, 7) is 3.44. The van der Waals surface area contributed by atoms with Crippen LogP contribution >= 0.6 is 0 Å². The Bertz CT molecular complexity index is 465. The van der Waals surface area contributed by atoms with Gasteiger partial charge in [0.1, 0.15) is 0 Å². The van der Waals surface area contributed by atoms with Crippen LogP contribution in [-0.4, -0.2) is 21.7 Å². The van der Waals surface area contributed by atoms with E-state index >= 15 is 0 Å². The van der Waals surface area contributed by atoms with Gasteiger partial charge in [0.15, 0.2) is 0 Å². The SMILES string of the molecule is CC1=CC(=O)N(C(C)c2ccccn2)C1=O. The summed E-state index contributed by atoms with van der Waals surface area (Å²) in [5.41, 5.74) is 1.19. The highest BCUT2D eigenvalue weighted by atomic mass is 16.2. The van der Waals surface area contributed by atoms with Gasteiger partial charge in [-0.15, -0.1) is 0 Å². The molecular formula is C12H12N2O2. The van der Waals surface area contributed by atoms with Crippen molar-refractivity contribution in [2.45, 2.75) is 19.9 Å². The van der Waals surface area contributed by atoms with Crippen LogP contribution in [0.4, 0.5) is 0 Å². The molecule has 1 aliphatic rings. The van der Waals surface area contributed by atoms with Crippen LogP contribution in [0, 0.1) is 0 Å². The Morgan fingerprint density at radius 3 is 2.56 bits per heavy atom. The highest BCUT2D eigenvalue weighted by Gasteiger charge is 2.33. The molecule has 0 saturated carbocycles. The Hall–Kier alpha value is -1.97. The van der Waals surface area contributed by atoms with Gasteiger partial charge in [0.25, 0.3) is 11.8 Å². The Balaban J connectivity index is 2.28. The van der Waals surface area contributed by atoms with E-state index in [0.717, 1.165) is 0 Å². The zero-order valence-corrected chi connectivity index (χ0v) is 9.18. The largest absolute Gasteiger partial charge is 0.269 e. The number of hydrogen-bond donors (Lipinski definition) is 0. The average molecular weight is 216 g/mol. The van der Waals surface area contributed by atoms with Crippen molar-refractivity contribution in [3.63, 3.8) is 0 Å². The van der Waals surface area contributed by atoms with Crippen LogP contribution in [0.2, 0.25) is 0 Å². The molecule has 1 aromatic heterocycles. The van der Waals surface area contributed by atoms with E-state index in [4.69, 9.17) is 0 Å². The third kappa shape index (κ3) is 1.62. The highest BCUT2D eigenvalue weighted by molar-refractivity contribution is 6.16. The molecule has 0 aromatic carbocycles. The van der Waals surface area contributed by atoms with Gasteiger partial charge in [-0.1, -0.05) is 6.07 Å². The van der Waals surface area contributed by atoms with Crippen molar-refractivity contribution in [2.24, 2.45) is 0 Å². The number of carbonyl (C=O) groups is 2. The molecule has 2 rings (SSSR count). The quantitative estimate of drug-likeness (QED) is 0.703. The molecule has 82 valence electrons. The zero-order chi connectivity index (χ0) is 11.7. The number of amides is 2. The molecule has 2 amide bonds. The van der Waals surface area contributed by atoms with Crippen molar-refractivity contribution in [1.82, 2.24) is 9.88 Å². The second-order valence-corrected chi connectivity index (χ2v) is 3.77. The minimum atomic E-state index is -0.324. The molecule has 0 bridgehead atoms. The summed E-state index contributed by atoms with van der Waals surface area (Å²) < 4.78 is 0. The second-order valence-electron chi connectivity index (χ2n) is 3.77. The Morgan fingerprint density at radius 1 is 1.31 bits per heavy atom. The molecule has 4 nitrogen and oxygen atoms in total. The van der Waals surface area contributed by atoms with Crippen molar-refractivity contribution in [3.05, 3.63) is 41.7 Å². The highest BCUT2D eigenvalue weighted by Crippen LogP contribution is 2.24. The molecule has 1 aromatic rings. The number of imide groups is 1. The lowest BCUT2D eigenvalue weighted by Gasteiger charge is -2.22. The van der Waals surface area contributed by atoms with E-state index < -0.39 is 0 Å². The molecular weight excluding hydrogens is 204 g/mol. The Morgan fingerprint density at radius 2 is 2.06 bits per heavy atom. The molecule has 2 heterocycles. The predicted octanol–water partition coefficient (Wildman–Crippen LogP) is 1.46. The Kier molecular flexibility index (Phi) is 2.56. The maximum atomic E-state index is 11.7. The van der Waals surface area contributed by atoms with Crippen LogP contribution in [0.1, 0.15) is 25.6 Å². The fourth-order valence-electron chi connectivity index (χ4n) is 1.73. The lowest BCUT2D eigenvalue weighted by molar-refractivity contribution is -0.139. The number of nitrogens with zero attached hydrogens (tertiary/aromatic N) is 2. The fourth-order valence-corrected chi connectivity index (χ4v) is 1.73. The van der Waals surface area contributed by atoms with Crippen LogP contribution in [0.5, 0.6) is 0 Å². The molecule has 16 heavy (non-hydrogen) atoms. The first kappa shape index (κ1) is 10.5. The maximum absolute atomic E-state index is 11.7. The summed E-state index contributed by atoms with van der Waals surface area (Å²) in [4.78, 5) is 28.7. The molecule has 1 atom stereocenters. The van der Waals surface area contributed by atoms with Gasteiger partial charge < -0.3 is 0 Å². The maximum Gasteiger partial charge on any atom is 0.257 e. The summed E-state index contributed by atoms with van der Waals surface area (Å²) in [5, 5.41) is 0. The molecule has 0 aliphatic carbocycles. The average Bonchev–Trinajstić information content (AvgIpc) is 2.54. The summed E-state index contributed by atoms with van der Waals surface area (Å²) >= 11 is 0. The monoisotopic (exact) mass is 216 g/mol.